The molecule has 1 unspecified atom stereocenters. The van der Waals surface area contributed by atoms with E-state index < -0.39 is 0 Å². The Labute approximate surface area is 80.5 Å². The highest BCUT2D eigenvalue weighted by Gasteiger charge is 2.13. The van der Waals surface area contributed by atoms with Crippen molar-refractivity contribution in [2.45, 2.75) is 13.0 Å². The molecule has 0 aliphatic rings. The number of carbonyl (C=O) groups is 1. The average Bonchev–Trinajstić information content (AvgIpc) is 2.64. The van der Waals surface area contributed by atoms with Crippen LogP contribution in [0, 0.1) is 0 Å². The van der Waals surface area contributed by atoms with E-state index in [-0.39, 0.29) is 12.1 Å². The van der Waals surface area contributed by atoms with Crippen LogP contribution in [0.2, 0.25) is 0 Å². The van der Waals surface area contributed by atoms with Crippen LogP contribution in [0.1, 0.15) is 27.7 Å². The Bertz CT molecular complexity index is 297. The highest BCUT2D eigenvalue weighted by molar-refractivity contribution is 7.13. The molecule has 0 saturated heterocycles. The monoisotopic (exact) mass is 201 g/mol. The SMILES string of the molecule is COC(=O)c1cnc(C(C)OC)s1. The van der Waals surface area contributed by atoms with Crippen molar-refractivity contribution < 1.29 is 14.3 Å². The lowest BCUT2D eigenvalue weighted by Crippen LogP contribution is -1.97. The zero-order valence-corrected chi connectivity index (χ0v) is 8.55. The van der Waals surface area contributed by atoms with Crippen molar-refractivity contribution in [3.8, 4) is 0 Å². The van der Waals surface area contributed by atoms with Gasteiger partial charge in [0.25, 0.3) is 0 Å². The van der Waals surface area contributed by atoms with E-state index >= 15 is 0 Å². The van der Waals surface area contributed by atoms with Crippen molar-refractivity contribution >= 4 is 17.3 Å². The van der Waals surface area contributed by atoms with Gasteiger partial charge in [0.05, 0.1) is 13.3 Å². The van der Waals surface area contributed by atoms with Gasteiger partial charge in [0.15, 0.2) is 0 Å². The first kappa shape index (κ1) is 10.1. The van der Waals surface area contributed by atoms with Gasteiger partial charge in [-0.25, -0.2) is 9.78 Å². The predicted octanol–water partition coefficient (Wildman–Crippen LogP) is 1.64. The van der Waals surface area contributed by atoms with Crippen molar-refractivity contribution in [1.82, 2.24) is 4.98 Å². The summed E-state index contributed by atoms with van der Waals surface area (Å²) in [5.74, 6) is -0.355. The van der Waals surface area contributed by atoms with Gasteiger partial charge in [-0.3, -0.25) is 0 Å². The molecule has 0 radical (unpaired) electrons. The van der Waals surface area contributed by atoms with Crippen LogP contribution in [0.25, 0.3) is 0 Å². The summed E-state index contributed by atoms with van der Waals surface area (Å²) in [6.07, 6.45) is 1.42. The van der Waals surface area contributed by atoms with Gasteiger partial charge in [-0.05, 0) is 6.92 Å². The summed E-state index contributed by atoms with van der Waals surface area (Å²) in [5, 5.41) is 0.780. The van der Waals surface area contributed by atoms with Crippen molar-refractivity contribution in [2.75, 3.05) is 14.2 Å². The summed E-state index contributed by atoms with van der Waals surface area (Å²) in [7, 11) is 2.95. The van der Waals surface area contributed by atoms with E-state index in [9.17, 15) is 4.79 Å². The lowest BCUT2D eigenvalue weighted by molar-refractivity contribution is 0.0606. The summed E-state index contributed by atoms with van der Waals surface area (Å²) >= 11 is 1.29. The molecule has 0 amide bonds. The zero-order chi connectivity index (χ0) is 9.84. The van der Waals surface area contributed by atoms with Crippen molar-refractivity contribution in [3.63, 3.8) is 0 Å². The van der Waals surface area contributed by atoms with Gasteiger partial charge in [-0.2, -0.15) is 0 Å². The van der Waals surface area contributed by atoms with Crippen molar-refractivity contribution in [3.05, 3.63) is 16.1 Å². The van der Waals surface area contributed by atoms with Gasteiger partial charge in [0, 0.05) is 7.11 Å². The first-order chi connectivity index (χ1) is 6.19. The van der Waals surface area contributed by atoms with E-state index in [0.717, 1.165) is 5.01 Å². The van der Waals surface area contributed by atoms with Crippen LogP contribution in [-0.2, 0) is 9.47 Å². The van der Waals surface area contributed by atoms with Crippen molar-refractivity contribution in [1.29, 1.82) is 0 Å². The molecule has 1 heterocycles. The van der Waals surface area contributed by atoms with E-state index in [1.807, 2.05) is 6.92 Å². The number of thiazole rings is 1. The third-order valence-electron chi connectivity index (χ3n) is 1.61. The van der Waals surface area contributed by atoms with Crippen molar-refractivity contribution in [2.24, 2.45) is 0 Å². The van der Waals surface area contributed by atoms with E-state index in [4.69, 9.17) is 4.74 Å². The third kappa shape index (κ3) is 2.26. The van der Waals surface area contributed by atoms with Crippen LogP contribution in [-0.4, -0.2) is 25.2 Å². The maximum absolute atomic E-state index is 11.0. The Morgan fingerprint density at radius 1 is 1.62 bits per heavy atom. The quantitative estimate of drug-likeness (QED) is 0.697. The maximum atomic E-state index is 11.0. The number of hydrogen-bond donors (Lipinski definition) is 0. The molecule has 72 valence electrons. The molecule has 0 N–H and O–H groups in total. The van der Waals surface area contributed by atoms with E-state index in [0.29, 0.717) is 4.88 Å². The highest BCUT2D eigenvalue weighted by Crippen LogP contribution is 2.22. The number of aromatic nitrogens is 1. The summed E-state index contributed by atoms with van der Waals surface area (Å²) in [4.78, 5) is 15.6. The van der Waals surface area contributed by atoms with Crippen LogP contribution < -0.4 is 0 Å². The minimum absolute atomic E-state index is 0.0802. The molecule has 4 nitrogen and oxygen atoms in total. The molecule has 1 aromatic rings. The first-order valence-corrected chi connectivity index (χ1v) is 4.57. The molecular weight excluding hydrogens is 190 g/mol. The minimum atomic E-state index is -0.355. The van der Waals surface area contributed by atoms with Gasteiger partial charge in [-0.15, -0.1) is 11.3 Å². The van der Waals surface area contributed by atoms with Gasteiger partial charge >= 0.3 is 5.97 Å². The maximum Gasteiger partial charge on any atom is 0.349 e. The topological polar surface area (TPSA) is 48.4 Å². The number of carbonyl (C=O) groups excluding carboxylic acids is 1. The number of methoxy groups -OCH3 is 2. The second kappa shape index (κ2) is 4.34. The predicted molar refractivity (Wildman–Crippen MR) is 48.9 cm³/mol. The number of esters is 1. The minimum Gasteiger partial charge on any atom is -0.465 e. The van der Waals surface area contributed by atoms with Gasteiger partial charge < -0.3 is 9.47 Å². The Balaban J connectivity index is 2.80. The Hall–Kier alpha value is -0.940. The van der Waals surface area contributed by atoms with E-state index in [2.05, 4.69) is 9.72 Å². The molecule has 0 bridgehead atoms. The molecule has 1 aromatic heterocycles. The fourth-order valence-electron chi connectivity index (χ4n) is 0.771. The molecule has 0 saturated carbocycles. The van der Waals surface area contributed by atoms with Gasteiger partial charge in [0.1, 0.15) is 16.0 Å². The lowest BCUT2D eigenvalue weighted by Gasteiger charge is -2.02. The summed E-state index contributed by atoms with van der Waals surface area (Å²) in [6.45, 7) is 1.87. The molecule has 13 heavy (non-hydrogen) atoms. The molecule has 1 atom stereocenters. The molecule has 1 rings (SSSR count). The van der Waals surface area contributed by atoms with Gasteiger partial charge in [-0.1, -0.05) is 0 Å². The Morgan fingerprint density at radius 3 is 2.85 bits per heavy atom. The normalized spacial score (nSPS) is 12.5. The van der Waals surface area contributed by atoms with E-state index in [1.54, 1.807) is 7.11 Å². The molecular formula is C8H11NO3S. The number of ether oxygens (including phenoxy) is 2. The Morgan fingerprint density at radius 2 is 2.31 bits per heavy atom. The van der Waals surface area contributed by atoms with E-state index in [1.165, 1.54) is 24.6 Å². The Kier molecular flexibility index (Phi) is 3.39. The number of hydrogen-bond acceptors (Lipinski definition) is 5. The molecule has 0 fully saturated rings. The smallest absolute Gasteiger partial charge is 0.349 e. The highest BCUT2D eigenvalue weighted by atomic mass is 32.1. The molecule has 5 heteroatoms. The van der Waals surface area contributed by atoms with Crippen LogP contribution in [0.5, 0.6) is 0 Å². The first-order valence-electron chi connectivity index (χ1n) is 3.76. The molecule has 0 aromatic carbocycles. The summed E-state index contributed by atoms with van der Waals surface area (Å²) in [6, 6.07) is 0. The largest absolute Gasteiger partial charge is 0.465 e. The second-order valence-corrected chi connectivity index (χ2v) is 3.49. The van der Waals surface area contributed by atoms with Crippen LogP contribution in [0.4, 0.5) is 0 Å². The van der Waals surface area contributed by atoms with Crippen LogP contribution in [0.15, 0.2) is 6.20 Å². The number of rotatable bonds is 3. The van der Waals surface area contributed by atoms with Crippen LogP contribution >= 0.6 is 11.3 Å². The zero-order valence-electron chi connectivity index (χ0n) is 7.73. The standard InChI is InChI=1S/C8H11NO3S/c1-5(11-2)7-9-4-6(13-7)8(10)12-3/h4-5H,1-3H3. The fraction of sp³-hybridized carbons (Fsp3) is 0.500. The number of nitrogens with zero attached hydrogens (tertiary/aromatic N) is 1. The summed E-state index contributed by atoms with van der Waals surface area (Å²) < 4.78 is 9.61. The summed E-state index contributed by atoms with van der Waals surface area (Å²) in [5.41, 5.74) is 0. The third-order valence-corrected chi connectivity index (χ3v) is 2.75. The fourth-order valence-corrected chi connectivity index (χ4v) is 1.64. The molecule has 0 spiro atoms. The lowest BCUT2D eigenvalue weighted by atomic mass is 10.4. The molecule has 0 aliphatic carbocycles. The van der Waals surface area contributed by atoms with Gasteiger partial charge in [0.2, 0.25) is 0 Å². The average molecular weight is 201 g/mol. The van der Waals surface area contributed by atoms with Crippen LogP contribution in [0.3, 0.4) is 0 Å². The molecule has 0 aliphatic heterocycles. The second-order valence-electron chi connectivity index (χ2n) is 2.43.